The Bertz CT molecular complexity index is 76.4. The lowest BCUT2D eigenvalue weighted by Gasteiger charge is -1.94. The summed E-state index contributed by atoms with van der Waals surface area (Å²) in [5.74, 6) is 8.00. The summed E-state index contributed by atoms with van der Waals surface area (Å²) in [6, 6.07) is 0. The van der Waals surface area contributed by atoms with Gasteiger partial charge in [0.25, 0.3) is 0 Å². The van der Waals surface area contributed by atoms with Crippen LogP contribution in [0.3, 0.4) is 0 Å². The van der Waals surface area contributed by atoms with E-state index >= 15 is 0 Å². The summed E-state index contributed by atoms with van der Waals surface area (Å²) in [5, 5.41) is 0. The Balaban J connectivity index is 0.000000222. The van der Waals surface area contributed by atoms with Crippen LogP contribution in [0.25, 0.3) is 0 Å². The van der Waals surface area contributed by atoms with E-state index in [4.69, 9.17) is 4.74 Å². The van der Waals surface area contributed by atoms with Crippen LogP contribution in [0, 0.1) is 0 Å². The Morgan fingerprint density at radius 1 is 1.25 bits per heavy atom. The second kappa shape index (κ2) is 6.20. The fourth-order valence-corrected chi connectivity index (χ4v) is 0.346. The predicted octanol–water partition coefficient (Wildman–Crippen LogP) is -0.0947. The van der Waals surface area contributed by atoms with E-state index < -0.39 is 0 Å². The Kier molecular flexibility index (Phi) is 5.58. The number of nitrogens with two attached hydrogens (primary N) is 2. The molecule has 0 aromatic rings. The highest BCUT2D eigenvalue weighted by atomic mass is 16.5. The van der Waals surface area contributed by atoms with Crippen LogP contribution in [0.4, 0.5) is 0 Å². The number of hydrogen-bond donors (Lipinski definition) is 2. The van der Waals surface area contributed by atoms with Gasteiger partial charge in [-0.25, -0.2) is 0 Å². The molecule has 0 aromatic carbocycles. The molecular formula is C5H10N2O. The minimum absolute atomic E-state index is 0.733. The fourth-order valence-electron chi connectivity index (χ4n) is 0.346. The first-order chi connectivity index (χ1) is 4.00. The van der Waals surface area contributed by atoms with Crippen LogP contribution >= 0.6 is 0 Å². The second-order valence-electron chi connectivity index (χ2n) is 1.09. The third-order valence-corrected chi connectivity index (χ3v) is 0.614. The normalized spacial score (nSPS) is 13.8. The third-order valence-electron chi connectivity index (χ3n) is 0.614. The largest absolute Gasteiger partial charge is 0.497 e. The van der Waals surface area contributed by atoms with Crippen molar-refractivity contribution in [2.75, 3.05) is 6.61 Å². The van der Waals surface area contributed by atoms with Crippen LogP contribution in [-0.4, -0.2) is 6.61 Å². The molecule has 3 heteroatoms. The highest BCUT2D eigenvalue weighted by molar-refractivity contribution is 5.02. The van der Waals surface area contributed by atoms with E-state index in [9.17, 15) is 0 Å². The summed E-state index contributed by atoms with van der Waals surface area (Å²) >= 11 is 0. The lowest BCUT2D eigenvalue weighted by atomic mass is 10.5. The Morgan fingerprint density at radius 2 is 2.00 bits per heavy atom. The molecule has 0 radical (unpaired) electrons. The zero-order valence-electron chi connectivity index (χ0n) is 4.58. The van der Waals surface area contributed by atoms with Gasteiger partial charge >= 0.3 is 0 Å². The zero-order chi connectivity index (χ0) is 6.24. The van der Waals surface area contributed by atoms with E-state index in [1.54, 1.807) is 6.26 Å². The predicted molar refractivity (Wildman–Crippen MR) is 32.6 cm³/mol. The van der Waals surface area contributed by atoms with Crippen molar-refractivity contribution in [1.29, 1.82) is 0 Å². The lowest BCUT2D eigenvalue weighted by Crippen LogP contribution is -2.02. The maximum atomic E-state index is 4.80. The van der Waals surface area contributed by atoms with E-state index in [1.807, 2.05) is 18.2 Å². The average Bonchev–Trinajstić information content (AvgIpc) is 1.96. The van der Waals surface area contributed by atoms with Crippen molar-refractivity contribution in [3.63, 3.8) is 0 Å². The lowest BCUT2D eigenvalue weighted by molar-refractivity contribution is 0.286. The molecule has 3 nitrogen and oxygen atoms in total. The average molecular weight is 114 g/mol. The van der Waals surface area contributed by atoms with Gasteiger partial charge in [-0.05, 0) is 12.2 Å². The molecule has 0 spiro atoms. The number of hydrogen-bond acceptors (Lipinski definition) is 3. The van der Waals surface area contributed by atoms with E-state index in [-0.39, 0.29) is 0 Å². The molecule has 8 heavy (non-hydrogen) atoms. The van der Waals surface area contributed by atoms with Gasteiger partial charge in [0.1, 0.15) is 6.61 Å². The van der Waals surface area contributed by atoms with E-state index in [0.29, 0.717) is 0 Å². The number of ether oxygens (including phenoxy) is 1. The molecule has 0 aliphatic carbocycles. The van der Waals surface area contributed by atoms with Crippen LogP contribution in [0.2, 0.25) is 0 Å². The molecule has 0 unspecified atom stereocenters. The summed E-state index contributed by atoms with van der Waals surface area (Å²) < 4.78 is 4.80. The van der Waals surface area contributed by atoms with Crippen molar-refractivity contribution in [2.24, 2.45) is 11.7 Å². The highest BCUT2D eigenvalue weighted by Gasteiger charge is 1.75. The summed E-state index contributed by atoms with van der Waals surface area (Å²) in [7, 11) is 0. The Labute approximate surface area is 48.6 Å². The first kappa shape index (κ1) is 7.20. The van der Waals surface area contributed by atoms with Gasteiger partial charge in [-0.3, -0.25) is 11.7 Å². The smallest absolute Gasteiger partial charge is 0.106 e. The van der Waals surface area contributed by atoms with Crippen LogP contribution < -0.4 is 11.7 Å². The van der Waals surface area contributed by atoms with Crippen molar-refractivity contribution in [1.82, 2.24) is 0 Å². The SMILES string of the molecule is C1=CCOC=C1.NN. The van der Waals surface area contributed by atoms with E-state index in [2.05, 4.69) is 11.7 Å². The van der Waals surface area contributed by atoms with Crippen molar-refractivity contribution >= 4 is 0 Å². The standard InChI is InChI=1S/C5H6O.H4N2/c1-2-4-6-5-3-1;1-2/h1-4H,5H2;1-2H2. The Hall–Kier alpha value is -0.800. The van der Waals surface area contributed by atoms with Gasteiger partial charge in [0, 0.05) is 0 Å². The molecular weight excluding hydrogens is 104 g/mol. The Morgan fingerprint density at radius 3 is 2.12 bits per heavy atom. The maximum Gasteiger partial charge on any atom is 0.106 e. The molecule has 0 saturated carbocycles. The van der Waals surface area contributed by atoms with Crippen LogP contribution in [0.1, 0.15) is 0 Å². The number of allylic oxidation sites excluding steroid dienone is 2. The molecule has 0 fully saturated rings. The monoisotopic (exact) mass is 114 g/mol. The molecule has 4 N–H and O–H groups in total. The third kappa shape index (κ3) is 3.39. The molecule has 1 rings (SSSR count). The van der Waals surface area contributed by atoms with E-state index in [1.165, 1.54) is 0 Å². The minimum atomic E-state index is 0.733. The number of rotatable bonds is 0. The summed E-state index contributed by atoms with van der Waals surface area (Å²) in [6.45, 7) is 0.733. The number of hydrazine groups is 1. The van der Waals surface area contributed by atoms with Crippen molar-refractivity contribution < 1.29 is 4.74 Å². The van der Waals surface area contributed by atoms with Gasteiger partial charge in [-0.2, -0.15) is 0 Å². The minimum Gasteiger partial charge on any atom is -0.497 e. The molecule has 0 bridgehead atoms. The molecule has 1 heterocycles. The topological polar surface area (TPSA) is 61.3 Å². The molecule has 0 aromatic heterocycles. The quantitative estimate of drug-likeness (QED) is 0.341. The molecule has 1 aliphatic heterocycles. The van der Waals surface area contributed by atoms with Crippen LogP contribution in [-0.2, 0) is 4.74 Å². The zero-order valence-corrected chi connectivity index (χ0v) is 4.58. The fraction of sp³-hybridized carbons (Fsp3) is 0.200. The van der Waals surface area contributed by atoms with Gasteiger partial charge in [-0.1, -0.05) is 6.08 Å². The van der Waals surface area contributed by atoms with Gasteiger partial charge in [0.2, 0.25) is 0 Å². The molecule has 0 amide bonds. The van der Waals surface area contributed by atoms with Crippen LogP contribution in [0.15, 0.2) is 24.5 Å². The van der Waals surface area contributed by atoms with Gasteiger partial charge in [-0.15, -0.1) is 0 Å². The molecule has 1 aliphatic rings. The summed E-state index contributed by atoms with van der Waals surface area (Å²) in [5.41, 5.74) is 0. The highest BCUT2D eigenvalue weighted by Crippen LogP contribution is 1.87. The van der Waals surface area contributed by atoms with Gasteiger partial charge in [0.05, 0.1) is 6.26 Å². The van der Waals surface area contributed by atoms with Gasteiger partial charge < -0.3 is 4.74 Å². The van der Waals surface area contributed by atoms with Crippen molar-refractivity contribution in [3.8, 4) is 0 Å². The van der Waals surface area contributed by atoms with Gasteiger partial charge in [0.15, 0.2) is 0 Å². The summed E-state index contributed by atoms with van der Waals surface area (Å²) in [4.78, 5) is 0. The molecule has 46 valence electrons. The second-order valence-corrected chi connectivity index (χ2v) is 1.09. The molecule has 0 saturated heterocycles. The van der Waals surface area contributed by atoms with Crippen molar-refractivity contribution in [3.05, 3.63) is 24.5 Å². The summed E-state index contributed by atoms with van der Waals surface area (Å²) in [6.07, 6.45) is 7.47. The maximum absolute atomic E-state index is 4.80. The first-order valence-electron chi connectivity index (χ1n) is 2.27. The van der Waals surface area contributed by atoms with E-state index in [0.717, 1.165) is 6.61 Å². The molecule has 0 atom stereocenters. The van der Waals surface area contributed by atoms with Crippen molar-refractivity contribution in [2.45, 2.75) is 0 Å². The van der Waals surface area contributed by atoms with Crippen LogP contribution in [0.5, 0.6) is 0 Å². The first-order valence-corrected chi connectivity index (χ1v) is 2.27.